The lowest BCUT2D eigenvalue weighted by atomic mass is 10.0. The number of halogens is 3. The summed E-state index contributed by atoms with van der Waals surface area (Å²) in [6, 6.07) is 11.2. The molecule has 0 spiro atoms. The van der Waals surface area contributed by atoms with Crippen LogP contribution >= 0.6 is 0 Å². The minimum absolute atomic E-state index is 0.0652. The molecule has 1 aromatic heterocycles. The Kier molecular flexibility index (Phi) is 6.24. The lowest BCUT2D eigenvalue weighted by Gasteiger charge is -2.38. The predicted molar refractivity (Wildman–Crippen MR) is 106 cm³/mol. The van der Waals surface area contributed by atoms with Crippen molar-refractivity contribution in [3.63, 3.8) is 0 Å². The molecule has 1 aromatic carbocycles. The zero-order valence-electron chi connectivity index (χ0n) is 17.0. The molecule has 158 valence electrons. The number of hydrogen-bond donors (Lipinski definition) is 0. The van der Waals surface area contributed by atoms with E-state index in [1.54, 1.807) is 12.1 Å². The summed E-state index contributed by atoms with van der Waals surface area (Å²) in [5, 5.41) is 0. The molecule has 1 fully saturated rings. The second-order valence-electron chi connectivity index (χ2n) is 8.23. The van der Waals surface area contributed by atoms with Gasteiger partial charge >= 0.3 is 6.18 Å². The highest BCUT2D eigenvalue weighted by Crippen LogP contribution is 2.37. The van der Waals surface area contributed by atoms with E-state index in [9.17, 15) is 13.2 Å². The molecule has 1 aliphatic heterocycles. The highest BCUT2D eigenvalue weighted by atomic mass is 19.4. The fourth-order valence-electron chi connectivity index (χ4n) is 3.35. The maximum atomic E-state index is 13.6. The molecule has 29 heavy (non-hydrogen) atoms. The molecule has 0 N–H and O–H groups in total. The van der Waals surface area contributed by atoms with Crippen LogP contribution in [0.2, 0.25) is 0 Å². The van der Waals surface area contributed by atoms with Gasteiger partial charge in [-0.3, -0.25) is 0 Å². The third-order valence-electron chi connectivity index (χ3n) is 4.60. The monoisotopic (exact) mass is 408 g/mol. The normalized spacial score (nSPS) is 17.9. The quantitative estimate of drug-likeness (QED) is 0.630. The molecule has 0 saturated carbocycles. The van der Waals surface area contributed by atoms with E-state index in [1.807, 2.05) is 51.1 Å². The van der Waals surface area contributed by atoms with Crippen LogP contribution in [0.3, 0.4) is 0 Å². The number of anilines is 1. The number of aromatic nitrogens is 1. The van der Waals surface area contributed by atoms with Crippen LogP contribution in [0.4, 0.5) is 19.0 Å². The summed E-state index contributed by atoms with van der Waals surface area (Å²) >= 11 is 0. The number of ether oxygens (including phenoxy) is 2. The van der Waals surface area contributed by atoms with Gasteiger partial charge in [-0.15, -0.1) is 0 Å². The first-order chi connectivity index (χ1) is 13.6. The molecule has 1 saturated heterocycles. The van der Waals surface area contributed by atoms with E-state index in [1.165, 1.54) is 4.90 Å². The van der Waals surface area contributed by atoms with Crippen LogP contribution in [-0.4, -0.2) is 29.3 Å². The van der Waals surface area contributed by atoms with Gasteiger partial charge in [-0.1, -0.05) is 30.3 Å². The zero-order valence-corrected chi connectivity index (χ0v) is 17.0. The van der Waals surface area contributed by atoms with Crippen LogP contribution in [-0.2, 0) is 6.61 Å². The Morgan fingerprint density at radius 3 is 2.45 bits per heavy atom. The van der Waals surface area contributed by atoms with Crippen molar-refractivity contribution >= 4 is 5.82 Å². The zero-order chi connectivity index (χ0) is 21.1. The lowest BCUT2D eigenvalue weighted by Crippen LogP contribution is -2.49. The van der Waals surface area contributed by atoms with Gasteiger partial charge in [0.15, 0.2) is 0 Å². The summed E-state index contributed by atoms with van der Waals surface area (Å²) < 4.78 is 52.5. The fourth-order valence-corrected chi connectivity index (χ4v) is 3.35. The average Bonchev–Trinajstić information content (AvgIpc) is 2.65. The molecule has 2 heterocycles. The largest absolute Gasteiger partial charge is 0.489 e. The number of nitrogens with zero attached hydrogens (tertiary/aromatic N) is 2. The Morgan fingerprint density at radius 2 is 1.79 bits per heavy atom. The number of piperidine rings is 1. The van der Waals surface area contributed by atoms with E-state index in [0.29, 0.717) is 31.7 Å². The second kappa shape index (κ2) is 8.51. The van der Waals surface area contributed by atoms with E-state index in [4.69, 9.17) is 9.47 Å². The first-order valence-corrected chi connectivity index (χ1v) is 9.83. The van der Waals surface area contributed by atoms with Gasteiger partial charge in [0.2, 0.25) is 5.88 Å². The fraction of sp³-hybridized carbons (Fsp3) is 0.500. The second-order valence-corrected chi connectivity index (χ2v) is 8.23. The van der Waals surface area contributed by atoms with Crippen molar-refractivity contribution in [2.45, 2.75) is 64.5 Å². The van der Waals surface area contributed by atoms with Crippen molar-refractivity contribution in [1.82, 2.24) is 4.98 Å². The van der Waals surface area contributed by atoms with Crippen molar-refractivity contribution in [1.29, 1.82) is 0 Å². The number of pyridine rings is 1. The molecule has 2 aromatic rings. The van der Waals surface area contributed by atoms with E-state index < -0.39 is 17.8 Å². The van der Waals surface area contributed by atoms with Gasteiger partial charge in [0, 0.05) is 18.7 Å². The average molecular weight is 408 g/mol. The summed E-state index contributed by atoms with van der Waals surface area (Å²) in [6.45, 7) is 6.21. The summed E-state index contributed by atoms with van der Waals surface area (Å²) in [5.41, 5.74) is 0.434. The van der Waals surface area contributed by atoms with Gasteiger partial charge in [-0.05, 0) is 45.6 Å². The van der Waals surface area contributed by atoms with E-state index in [0.717, 1.165) is 5.56 Å². The van der Waals surface area contributed by atoms with Gasteiger partial charge in [0.25, 0.3) is 0 Å². The highest BCUT2D eigenvalue weighted by Gasteiger charge is 2.45. The van der Waals surface area contributed by atoms with Crippen molar-refractivity contribution in [3.05, 3.63) is 48.0 Å². The minimum Gasteiger partial charge on any atom is -0.489 e. The molecule has 4 nitrogen and oxygen atoms in total. The Labute approximate surface area is 169 Å². The van der Waals surface area contributed by atoms with Crippen LogP contribution < -0.4 is 14.4 Å². The first kappa shape index (κ1) is 21.3. The topological polar surface area (TPSA) is 34.6 Å². The van der Waals surface area contributed by atoms with Crippen LogP contribution in [0.25, 0.3) is 0 Å². The molecule has 0 bridgehead atoms. The number of benzene rings is 1. The summed E-state index contributed by atoms with van der Waals surface area (Å²) in [7, 11) is 0. The highest BCUT2D eigenvalue weighted by molar-refractivity contribution is 5.49. The third-order valence-corrected chi connectivity index (χ3v) is 4.60. The predicted octanol–water partition coefficient (Wildman–Crippen LogP) is 5.76. The van der Waals surface area contributed by atoms with Gasteiger partial charge in [-0.25, -0.2) is 0 Å². The molecular formula is C22H27F3N2O2. The van der Waals surface area contributed by atoms with Gasteiger partial charge in [-0.2, -0.15) is 18.2 Å². The standard InChI is InChI=1S/C22H27F3N2O2/c1-21(2,3)29-20-14-17(28-15-16-9-5-4-6-10-16)13-19(26-20)27-12-8-7-11-18(27)22(23,24)25/h4-6,9-10,13-14,18H,7-8,11-12,15H2,1-3H3/t18-/m1/s1. The molecule has 0 radical (unpaired) electrons. The molecule has 0 aliphatic carbocycles. The summed E-state index contributed by atoms with van der Waals surface area (Å²) in [6.07, 6.45) is -3.00. The SMILES string of the molecule is CC(C)(C)Oc1cc(OCc2ccccc2)cc(N2CCCC[C@@H]2C(F)(F)F)n1. The Hall–Kier alpha value is -2.44. The lowest BCUT2D eigenvalue weighted by molar-refractivity contribution is -0.152. The van der Waals surface area contributed by atoms with Crippen LogP contribution in [0, 0.1) is 0 Å². The Balaban J connectivity index is 1.91. The maximum Gasteiger partial charge on any atom is 0.408 e. The van der Waals surface area contributed by atoms with Gasteiger partial charge in [0.1, 0.15) is 29.8 Å². The molecule has 1 atom stereocenters. The first-order valence-electron chi connectivity index (χ1n) is 9.83. The Bertz CT molecular complexity index is 804. The van der Waals surface area contributed by atoms with Gasteiger partial charge < -0.3 is 14.4 Å². The van der Waals surface area contributed by atoms with E-state index in [2.05, 4.69) is 4.98 Å². The molecular weight excluding hydrogens is 381 g/mol. The van der Waals surface area contributed by atoms with E-state index >= 15 is 0 Å². The molecule has 0 unspecified atom stereocenters. The number of alkyl halides is 3. The number of rotatable bonds is 5. The minimum atomic E-state index is -4.31. The van der Waals surface area contributed by atoms with Crippen LogP contribution in [0.5, 0.6) is 11.6 Å². The maximum absolute atomic E-state index is 13.6. The summed E-state index contributed by atoms with van der Waals surface area (Å²) in [4.78, 5) is 5.71. The third kappa shape index (κ3) is 6.02. The van der Waals surface area contributed by atoms with Gasteiger partial charge in [0.05, 0.1) is 0 Å². The van der Waals surface area contributed by atoms with Crippen molar-refractivity contribution in [3.8, 4) is 11.6 Å². The molecule has 1 aliphatic rings. The molecule has 7 heteroatoms. The Morgan fingerprint density at radius 1 is 1.07 bits per heavy atom. The number of hydrogen-bond acceptors (Lipinski definition) is 4. The van der Waals surface area contributed by atoms with Crippen LogP contribution in [0.15, 0.2) is 42.5 Å². The molecule has 0 amide bonds. The van der Waals surface area contributed by atoms with Crippen molar-refractivity contribution in [2.75, 3.05) is 11.4 Å². The van der Waals surface area contributed by atoms with Crippen LogP contribution in [0.1, 0.15) is 45.6 Å². The van der Waals surface area contributed by atoms with E-state index in [-0.39, 0.29) is 18.1 Å². The summed E-state index contributed by atoms with van der Waals surface area (Å²) in [5.74, 6) is 0.922. The van der Waals surface area contributed by atoms with Crippen molar-refractivity contribution in [2.24, 2.45) is 0 Å². The molecule has 3 rings (SSSR count). The smallest absolute Gasteiger partial charge is 0.408 e. The van der Waals surface area contributed by atoms with Crippen molar-refractivity contribution < 1.29 is 22.6 Å².